The van der Waals surface area contributed by atoms with Gasteiger partial charge in [0, 0.05) is 6.54 Å². The van der Waals surface area contributed by atoms with Crippen LogP contribution < -0.4 is 16.6 Å². The van der Waals surface area contributed by atoms with Crippen LogP contribution >= 0.6 is 0 Å². The van der Waals surface area contributed by atoms with Crippen LogP contribution in [0, 0.1) is 0 Å². The zero-order valence-corrected chi connectivity index (χ0v) is 14.2. The number of amides is 1. The van der Waals surface area contributed by atoms with Gasteiger partial charge in [0.15, 0.2) is 0 Å². The fourth-order valence-corrected chi connectivity index (χ4v) is 2.61. The number of H-pyrrole nitrogens is 1. The molecule has 0 saturated heterocycles. The first-order valence-electron chi connectivity index (χ1n) is 8.27. The van der Waals surface area contributed by atoms with Gasteiger partial charge in [-0.25, -0.2) is 4.79 Å². The van der Waals surface area contributed by atoms with Crippen LogP contribution in [0.5, 0.6) is 0 Å². The molecule has 24 heavy (non-hydrogen) atoms. The van der Waals surface area contributed by atoms with Crippen molar-refractivity contribution in [2.45, 2.75) is 26.8 Å². The molecule has 0 bridgehead atoms. The van der Waals surface area contributed by atoms with Crippen molar-refractivity contribution >= 4 is 16.8 Å². The lowest BCUT2D eigenvalue weighted by atomic mass is 10.2. The van der Waals surface area contributed by atoms with Crippen LogP contribution in [0.4, 0.5) is 0 Å². The second-order valence-electron chi connectivity index (χ2n) is 5.60. The molecule has 2 N–H and O–H groups in total. The van der Waals surface area contributed by atoms with Gasteiger partial charge in [-0.3, -0.25) is 14.2 Å². The van der Waals surface area contributed by atoms with Gasteiger partial charge in [0.05, 0.1) is 10.9 Å². The first kappa shape index (κ1) is 17.9. The summed E-state index contributed by atoms with van der Waals surface area (Å²) in [6, 6.07) is 6.76. The van der Waals surface area contributed by atoms with E-state index >= 15 is 0 Å². The number of nitrogens with zero attached hydrogens (tertiary/aromatic N) is 2. The molecule has 1 amide bonds. The molecule has 0 radical (unpaired) electrons. The fraction of sp³-hybridized carbons (Fsp3) is 0.471. The smallest absolute Gasteiger partial charge is 0.329 e. The van der Waals surface area contributed by atoms with Crippen LogP contribution in [-0.4, -0.2) is 46.5 Å². The molecule has 0 unspecified atom stereocenters. The van der Waals surface area contributed by atoms with E-state index in [4.69, 9.17) is 0 Å². The van der Waals surface area contributed by atoms with E-state index in [0.29, 0.717) is 17.4 Å². The molecule has 0 atom stereocenters. The van der Waals surface area contributed by atoms with Crippen molar-refractivity contribution in [1.82, 2.24) is 19.8 Å². The SMILES string of the molecule is CCN(CC)CCCNC(=O)Cn1c(=O)[nH]c2ccccc2c1=O. The highest BCUT2D eigenvalue weighted by molar-refractivity contribution is 5.78. The summed E-state index contributed by atoms with van der Waals surface area (Å²) in [5.41, 5.74) is -0.548. The number of para-hydroxylation sites is 1. The van der Waals surface area contributed by atoms with Crippen molar-refractivity contribution in [2.24, 2.45) is 0 Å². The van der Waals surface area contributed by atoms with Crippen molar-refractivity contribution in [3.8, 4) is 0 Å². The Hall–Kier alpha value is -2.41. The van der Waals surface area contributed by atoms with Gasteiger partial charge in [-0.2, -0.15) is 0 Å². The van der Waals surface area contributed by atoms with E-state index in [9.17, 15) is 14.4 Å². The predicted molar refractivity (Wildman–Crippen MR) is 94.2 cm³/mol. The molecule has 7 heteroatoms. The van der Waals surface area contributed by atoms with Gasteiger partial charge in [0.2, 0.25) is 5.91 Å². The molecular formula is C17H24N4O3. The molecule has 0 aliphatic heterocycles. The van der Waals surface area contributed by atoms with Gasteiger partial charge in [0.1, 0.15) is 6.54 Å². The number of nitrogens with one attached hydrogen (secondary N) is 2. The maximum Gasteiger partial charge on any atom is 0.329 e. The number of aromatic amines is 1. The van der Waals surface area contributed by atoms with Crippen LogP contribution in [0.3, 0.4) is 0 Å². The van der Waals surface area contributed by atoms with Crippen molar-refractivity contribution in [1.29, 1.82) is 0 Å². The zero-order valence-electron chi connectivity index (χ0n) is 14.2. The van der Waals surface area contributed by atoms with Crippen molar-refractivity contribution < 1.29 is 4.79 Å². The first-order valence-corrected chi connectivity index (χ1v) is 8.27. The molecule has 0 saturated carbocycles. The van der Waals surface area contributed by atoms with E-state index in [-0.39, 0.29) is 12.5 Å². The fourth-order valence-electron chi connectivity index (χ4n) is 2.61. The number of carbonyl (C=O) groups excluding carboxylic acids is 1. The predicted octanol–water partition coefficient (Wildman–Crippen LogP) is 0.538. The van der Waals surface area contributed by atoms with E-state index in [0.717, 1.165) is 30.6 Å². The summed E-state index contributed by atoms with van der Waals surface area (Å²) in [6.45, 7) is 7.31. The average molecular weight is 332 g/mol. The number of fused-ring (bicyclic) bond motifs is 1. The minimum absolute atomic E-state index is 0.274. The van der Waals surface area contributed by atoms with Crippen molar-refractivity contribution in [3.63, 3.8) is 0 Å². The maximum atomic E-state index is 12.3. The lowest BCUT2D eigenvalue weighted by Crippen LogP contribution is -2.41. The highest BCUT2D eigenvalue weighted by Gasteiger charge is 2.10. The lowest BCUT2D eigenvalue weighted by Gasteiger charge is -2.17. The third-order valence-corrected chi connectivity index (χ3v) is 4.06. The Balaban J connectivity index is 1.98. The van der Waals surface area contributed by atoms with Crippen molar-refractivity contribution in [3.05, 3.63) is 45.1 Å². The topological polar surface area (TPSA) is 87.2 Å². The number of hydrogen-bond acceptors (Lipinski definition) is 4. The Morgan fingerprint density at radius 2 is 1.92 bits per heavy atom. The van der Waals surface area contributed by atoms with Crippen LogP contribution in [-0.2, 0) is 11.3 Å². The minimum atomic E-state index is -0.572. The summed E-state index contributed by atoms with van der Waals surface area (Å²) < 4.78 is 0.933. The molecule has 1 heterocycles. The summed E-state index contributed by atoms with van der Waals surface area (Å²) in [5, 5.41) is 3.15. The molecule has 7 nitrogen and oxygen atoms in total. The summed E-state index contributed by atoms with van der Waals surface area (Å²) in [6.07, 6.45) is 0.830. The minimum Gasteiger partial charge on any atom is -0.354 e. The Morgan fingerprint density at radius 3 is 2.62 bits per heavy atom. The Morgan fingerprint density at radius 1 is 1.21 bits per heavy atom. The lowest BCUT2D eigenvalue weighted by molar-refractivity contribution is -0.121. The number of aromatic nitrogens is 2. The van der Waals surface area contributed by atoms with Crippen LogP contribution in [0.1, 0.15) is 20.3 Å². The first-order chi connectivity index (χ1) is 11.6. The molecule has 0 aliphatic rings. The second-order valence-corrected chi connectivity index (χ2v) is 5.60. The highest BCUT2D eigenvalue weighted by Crippen LogP contribution is 2.02. The number of carbonyl (C=O) groups is 1. The molecule has 0 aliphatic carbocycles. The summed E-state index contributed by atoms with van der Waals surface area (Å²) in [5.74, 6) is -0.336. The van der Waals surface area contributed by atoms with Crippen LogP contribution in [0.25, 0.3) is 10.9 Å². The Kier molecular flexibility index (Phi) is 6.31. The third-order valence-electron chi connectivity index (χ3n) is 4.06. The maximum absolute atomic E-state index is 12.3. The zero-order chi connectivity index (χ0) is 17.5. The number of rotatable bonds is 8. The average Bonchev–Trinajstić information content (AvgIpc) is 2.59. The molecule has 130 valence electrons. The molecule has 1 aromatic heterocycles. The quantitative estimate of drug-likeness (QED) is 0.691. The molecule has 2 aromatic rings. The monoisotopic (exact) mass is 332 g/mol. The standard InChI is InChI=1S/C17H24N4O3/c1-3-20(4-2)11-7-10-18-15(22)12-21-16(23)13-8-5-6-9-14(13)19-17(21)24/h5-6,8-9H,3-4,7,10-12H2,1-2H3,(H,18,22)(H,19,24). The Bertz CT molecular complexity index is 805. The van der Waals surface area contributed by atoms with Gasteiger partial charge in [-0.05, 0) is 38.2 Å². The summed E-state index contributed by atoms with van der Waals surface area (Å²) in [7, 11) is 0. The molecular weight excluding hydrogens is 308 g/mol. The van der Waals surface area contributed by atoms with Gasteiger partial charge in [-0.1, -0.05) is 26.0 Å². The molecule has 2 rings (SSSR count). The summed E-state index contributed by atoms with van der Waals surface area (Å²) >= 11 is 0. The van der Waals surface area contributed by atoms with Crippen molar-refractivity contribution in [2.75, 3.05) is 26.2 Å². The molecule has 1 aromatic carbocycles. The third kappa shape index (κ3) is 4.32. The van der Waals surface area contributed by atoms with E-state index in [2.05, 4.69) is 29.0 Å². The van der Waals surface area contributed by atoms with Gasteiger partial charge >= 0.3 is 5.69 Å². The van der Waals surface area contributed by atoms with Crippen LogP contribution in [0.2, 0.25) is 0 Å². The van der Waals surface area contributed by atoms with Crippen LogP contribution in [0.15, 0.2) is 33.9 Å². The second kappa shape index (κ2) is 8.44. The van der Waals surface area contributed by atoms with E-state index < -0.39 is 11.2 Å². The summed E-state index contributed by atoms with van der Waals surface area (Å²) in [4.78, 5) is 41.2. The van der Waals surface area contributed by atoms with Gasteiger partial charge in [-0.15, -0.1) is 0 Å². The largest absolute Gasteiger partial charge is 0.354 e. The van der Waals surface area contributed by atoms with Gasteiger partial charge < -0.3 is 15.2 Å². The number of benzene rings is 1. The molecule has 0 spiro atoms. The van der Waals surface area contributed by atoms with E-state index in [1.54, 1.807) is 24.3 Å². The van der Waals surface area contributed by atoms with Gasteiger partial charge in [0.25, 0.3) is 5.56 Å². The normalized spacial score (nSPS) is 11.1. The molecule has 0 fully saturated rings. The van der Waals surface area contributed by atoms with E-state index in [1.165, 1.54) is 0 Å². The highest BCUT2D eigenvalue weighted by atomic mass is 16.2. The number of hydrogen-bond donors (Lipinski definition) is 2. The van der Waals surface area contributed by atoms with E-state index in [1.807, 2.05) is 0 Å². The Labute approximate surface area is 140 Å².